The summed E-state index contributed by atoms with van der Waals surface area (Å²) in [6, 6.07) is 22.6. The third-order valence-electron chi connectivity index (χ3n) is 10.3. The maximum atomic E-state index is 7.26. The molecule has 2 aliphatic rings. The number of fused-ring (bicyclic) bond motifs is 1. The van der Waals surface area contributed by atoms with Gasteiger partial charge in [0.25, 0.3) is 0 Å². The number of ether oxygens (including phenoxy) is 2. The summed E-state index contributed by atoms with van der Waals surface area (Å²) < 4.78 is 14.5. The first-order valence-corrected chi connectivity index (χ1v) is 18.2. The van der Waals surface area contributed by atoms with Crippen LogP contribution in [0.3, 0.4) is 0 Å². The quantitative estimate of drug-likeness (QED) is 0.103. The van der Waals surface area contributed by atoms with Gasteiger partial charge in [-0.1, -0.05) is 171 Å². The van der Waals surface area contributed by atoms with E-state index >= 15 is 0 Å². The molecule has 2 nitrogen and oxygen atoms in total. The van der Waals surface area contributed by atoms with Crippen LogP contribution in [0.25, 0.3) is 0 Å². The van der Waals surface area contributed by atoms with E-state index in [2.05, 4.69) is 74.5 Å². The number of benzene rings is 2. The summed E-state index contributed by atoms with van der Waals surface area (Å²) in [4.78, 5) is 0. The minimum Gasteiger partial charge on any atom is -0.349 e. The van der Waals surface area contributed by atoms with Gasteiger partial charge in [-0.05, 0) is 48.6 Å². The lowest BCUT2D eigenvalue weighted by Crippen LogP contribution is -2.45. The molecule has 2 aliphatic carbocycles. The van der Waals surface area contributed by atoms with E-state index in [1.165, 1.54) is 120 Å². The van der Waals surface area contributed by atoms with E-state index in [0.29, 0.717) is 23.7 Å². The molecule has 0 bridgehead atoms. The summed E-state index contributed by atoms with van der Waals surface area (Å²) in [5, 5.41) is 0. The van der Waals surface area contributed by atoms with E-state index in [1.54, 1.807) is 0 Å². The van der Waals surface area contributed by atoms with Crippen molar-refractivity contribution >= 4 is 0 Å². The molecular formula is C40H62O2. The Labute approximate surface area is 259 Å². The fourth-order valence-corrected chi connectivity index (χ4v) is 8.25. The molecule has 42 heavy (non-hydrogen) atoms. The van der Waals surface area contributed by atoms with Crippen molar-refractivity contribution in [2.75, 3.05) is 13.2 Å². The van der Waals surface area contributed by atoms with E-state index in [-0.39, 0.29) is 0 Å². The molecule has 0 aromatic heterocycles. The second kappa shape index (κ2) is 18.9. The number of rotatable bonds is 22. The Hall–Kier alpha value is -1.64. The highest BCUT2D eigenvalue weighted by atomic mass is 16.7. The van der Waals surface area contributed by atoms with E-state index in [9.17, 15) is 0 Å². The molecule has 234 valence electrons. The van der Waals surface area contributed by atoms with Gasteiger partial charge in [0.2, 0.25) is 0 Å². The van der Waals surface area contributed by atoms with Crippen molar-refractivity contribution in [3.8, 4) is 0 Å². The second-order valence-corrected chi connectivity index (χ2v) is 13.4. The molecule has 2 aromatic carbocycles. The SMILES string of the molecule is CCCCCCCCCCOC1(OCCCCCCCCCC)C(c2ccccc2)C2CCCC2C1c1ccccc1. The van der Waals surface area contributed by atoms with Crippen molar-refractivity contribution in [3.05, 3.63) is 71.8 Å². The normalized spacial score (nSPS) is 22.9. The lowest BCUT2D eigenvalue weighted by Gasteiger charge is -2.42. The predicted molar refractivity (Wildman–Crippen MR) is 179 cm³/mol. The van der Waals surface area contributed by atoms with E-state index < -0.39 is 5.79 Å². The molecule has 0 amide bonds. The largest absolute Gasteiger partial charge is 0.349 e. The van der Waals surface area contributed by atoms with Crippen LogP contribution in [0.5, 0.6) is 0 Å². The van der Waals surface area contributed by atoms with Gasteiger partial charge < -0.3 is 9.47 Å². The highest BCUT2D eigenvalue weighted by Crippen LogP contribution is 2.65. The van der Waals surface area contributed by atoms with Crippen molar-refractivity contribution in [1.82, 2.24) is 0 Å². The molecule has 4 rings (SSSR count). The standard InChI is InChI=1S/C40H62O2/c1-3-5-7-9-11-13-15-23-32-41-40(42-33-24-16-14-12-10-8-6-4-2)38(34-26-19-17-20-27-34)36-30-25-31-37(36)39(40)35-28-21-18-22-29-35/h17-22,26-29,36-39H,3-16,23-25,30-33H2,1-2H3. The van der Waals surface area contributed by atoms with Crippen LogP contribution in [-0.2, 0) is 9.47 Å². The molecule has 2 fully saturated rings. The monoisotopic (exact) mass is 574 g/mol. The van der Waals surface area contributed by atoms with Crippen molar-refractivity contribution < 1.29 is 9.47 Å². The third kappa shape index (κ3) is 9.18. The van der Waals surface area contributed by atoms with Gasteiger partial charge in [0, 0.05) is 11.8 Å². The molecule has 0 radical (unpaired) electrons. The minimum absolute atomic E-state index is 0.291. The summed E-state index contributed by atoms with van der Waals surface area (Å²) in [5.41, 5.74) is 2.83. The molecule has 0 heterocycles. The average Bonchev–Trinajstić information content (AvgIpc) is 3.58. The van der Waals surface area contributed by atoms with Gasteiger partial charge in [-0.2, -0.15) is 0 Å². The number of hydrogen-bond donors (Lipinski definition) is 0. The average molecular weight is 575 g/mol. The van der Waals surface area contributed by atoms with Gasteiger partial charge >= 0.3 is 0 Å². The molecule has 0 aliphatic heterocycles. The molecule has 0 N–H and O–H groups in total. The molecule has 0 saturated heterocycles. The van der Waals surface area contributed by atoms with Crippen LogP contribution in [0.1, 0.15) is 159 Å². The zero-order chi connectivity index (χ0) is 29.3. The molecule has 2 heteroatoms. The summed E-state index contributed by atoms with van der Waals surface area (Å²) >= 11 is 0. The number of hydrogen-bond acceptors (Lipinski definition) is 2. The van der Waals surface area contributed by atoms with Crippen LogP contribution < -0.4 is 0 Å². The summed E-state index contributed by atoms with van der Waals surface area (Å²) in [6.07, 6.45) is 25.0. The van der Waals surface area contributed by atoms with Crippen molar-refractivity contribution in [2.45, 2.75) is 153 Å². The van der Waals surface area contributed by atoms with Gasteiger partial charge in [-0.25, -0.2) is 0 Å². The van der Waals surface area contributed by atoms with E-state index in [1.807, 2.05) is 0 Å². The van der Waals surface area contributed by atoms with Gasteiger partial charge in [-0.15, -0.1) is 0 Å². The van der Waals surface area contributed by atoms with Crippen molar-refractivity contribution in [1.29, 1.82) is 0 Å². The van der Waals surface area contributed by atoms with Crippen molar-refractivity contribution in [3.63, 3.8) is 0 Å². The highest BCUT2D eigenvalue weighted by Gasteiger charge is 2.63. The Kier molecular flexibility index (Phi) is 15.0. The zero-order valence-corrected chi connectivity index (χ0v) is 27.2. The van der Waals surface area contributed by atoms with Gasteiger partial charge in [0.05, 0.1) is 13.2 Å². The lowest BCUT2D eigenvalue weighted by atomic mass is 9.82. The smallest absolute Gasteiger partial charge is 0.182 e. The van der Waals surface area contributed by atoms with E-state index in [0.717, 1.165) is 26.1 Å². The number of unbranched alkanes of at least 4 members (excludes halogenated alkanes) is 14. The fourth-order valence-electron chi connectivity index (χ4n) is 8.25. The van der Waals surface area contributed by atoms with Gasteiger partial charge in [0.1, 0.15) is 0 Å². The Morgan fingerprint density at radius 3 is 1.24 bits per heavy atom. The molecule has 0 spiro atoms. The minimum atomic E-state index is -0.583. The first-order chi connectivity index (χ1) is 20.8. The zero-order valence-electron chi connectivity index (χ0n) is 27.2. The van der Waals surface area contributed by atoms with Crippen LogP contribution >= 0.6 is 0 Å². The predicted octanol–water partition coefficient (Wildman–Crippen LogP) is 12.0. The molecule has 4 atom stereocenters. The summed E-state index contributed by atoms with van der Waals surface area (Å²) in [5.74, 6) is 1.24. The second-order valence-electron chi connectivity index (χ2n) is 13.4. The van der Waals surface area contributed by atoms with Crippen LogP contribution in [0.4, 0.5) is 0 Å². The summed E-state index contributed by atoms with van der Waals surface area (Å²) in [7, 11) is 0. The Bertz CT molecular complexity index is 863. The Balaban J connectivity index is 1.49. The first kappa shape index (κ1) is 33.3. The summed E-state index contributed by atoms with van der Waals surface area (Å²) in [6.45, 7) is 6.20. The van der Waals surface area contributed by atoms with Crippen LogP contribution in [0.2, 0.25) is 0 Å². The molecule has 4 unspecified atom stereocenters. The lowest BCUT2D eigenvalue weighted by molar-refractivity contribution is -0.257. The fraction of sp³-hybridized carbons (Fsp3) is 0.700. The van der Waals surface area contributed by atoms with Crippen LogP contribution in [0.15, 0.2) is 60.7 Å². The van der Waals surface area contributed by atoms with Crippen molar-refractivity contribution in [2.24, 2.45) is 11.8 Å². The van der Waals surface area contributed by atoms with Crippen LogP contribution in [-0.4, -0.2) is 19.0 Å². The topological polar surface area (TPSA) is 18.5 Å². The maximum absolute atomic E-state index is 7.26. The third-order valence-corrected chi connectivity index (χ3v) is 10.3. The Morgan fingerprint density at radius 2 is 0.857 bits per heavy atom. The van der Waals surface area contributed by atoms with Crippen LogP contribution in [0, 0.1) is 11.8 Å². The maximum Gasteiger partial charge on any atom is 0.182 e. The van der Waals surface area contributed by atoms with Gasteiger partial charge in [-0.3, -0.25) is 0 Å². The Morgan fingerprint density at radius 1 is 0.500 bits per heavy atom. The van der Waals surface area contributed by atoms with Gasteiger partial charge in [0.15, 0.2) is 5.79 Å². The molecular weight excluding hydrogens is 512 g/mol. The van der Waals surface area contributed by atoms with E-state index in [4.69, 9.17) is 9.47 Å². The first-order valence-electron chi connectivity index (χ1n) is 18.2. The molecule has 2 saturated carbocycles. The highest BCUT2D eigenvalue weighted by molar-refractivity contribution is 5.35. The molecule has 2 aromatic rings.